The number of aliphatic carboxylic acids is 1. The number of carboxylic acids is 1. The Kier molecular flexibility index (Phi) is 10.6. The number of nitrogens with one attached hydrogen (secondary N) is 3. The predicted octanol–water partition coefficient (Wildman–Crippen LogP) is 2.90. The number of H-pyrrole nitrogens is 1. The van der Waals surface area contributed by atoms with Gasteiger partial charge in [-0.3, -0.25) is 19.4 Å². The molecule has 2 heterocycles. The molecule has 0 aliphatic heterocycles. The molecule has 3 rings (SSSR count). The van der Waals surface area contributed by atoms with Crippen LogP contribution in [0, 0.1) is 0 Å². The monoisotopic (exact) mass is 551 g/mol. The van der Waals surface area contributed by atoms with Crippen molar-refractivity contribution in [2.24, 2.45) is 0 Å². The average Bonchev–Trinajstić information content (AvgIpc) is 2.91. The third-order valence-corrected chi connectivity index (χ3v) is 6.62. The van der Waals surface area contributed by atoms with Gasteiger partial charge in [-0.1, -0.05) is 13.3 Å². The summed E-state index contributed by atoms with van der Waals surface area (Å²) < 4.78 is 0. The highest BCUT2D eigenvalue weighted by Crippen LogP contribution is 2.14. The molecule has 1 aromatic carbocycles. The summed E-state index contributed by atoms with van der Waals surface area (Å²) in [4.78, 5) is 61.4. The number of nitrogen functional groups attached to an aromatic ring is 1. The molecule has 0 spiro atoms. The lowest BCUT2D eigenvalue weighted by atomic mass is 10.1. The molecule has 0 radical (unpaired) electrons. The molecule has 0 aliphatic rings. The molecule has 2 aromatic heterocycles. The van der Waals surface area contributed by atoms with Crippen LogP contribution in [0.4, 0.5) is 11.5 Å². The molecule has 12 heteroatoms. The van der Waals surface area contributed by atoms with Gasteiger partial charge in [-0.2, -0.15) is 0 Å². The van der Waals surface area contributed by atoms with Crippen molar-refractivity contribution in [3.8, 4) is 0 Å². The number of rotatable bonds is 14. The highest BCUT2D eigenvalue weighted by atomic mass is 16.4. The molecule has 0 saturated heterocycles. The van der Waals surface area contributed by atoms with Gasteiger partial charge in [-0.15, -0.1) is 0 Å². The predicted molar refractivity (Wildman–Crippen MR) is 153 cm³/mol. The van der Waals surface area contributed by atoms with E-state index >= 15 is 0 Å². The summed E-state index contributed by atoms with van der Waals surface area (Å²) in [6, 6.07) is 7.22. The van der Waals surface area contributed by atoms with E-state index in [0.717, 1.165) is 12.8 Å². The number of nitrogens with two attached hydrogens (primary N) is 1. The molecule has 0 bridgehead atoms. The Labute approximate surface area is 232 Å². The second-order valence-corrected chi connectivity index (χ2v) is 9.79. The van der Waals surface area contributed by atoms with Crippen molar-refractivity contribution in [1.82, 2.24) is 25.2 Å². The number of carbonyl (C=O) groups is 3. The van der Waals surface area contributed by atoms with Crippen LogP contribution in [-0.4, -0.2) is 61.4 Å². The summed E-state index contributed by atoms with van der Waals surface area (Å²) in [6.07, 6.45) is 4.91. The number of aromatic amines is 1. The van der Waals surface area contributed by atoms with Gasteiger partial charge < -0.3 is 31.4 Å². The minimum atomic E-state index is -1.10. The van der Waals surface area contributed by atoms with Gasteiger partial charge in [0.25, 0.3) is 11.5 Å². The number of benzene rings is 1. The molecule has 12 nitrogen and oxygen atoms in total. The first-order valence-electron chi connectivity index (χ1n) is 13.4. The van der Waals surface area contributed by atoms with Crippen LogP contribution < -0.4 is 21.9 Å². The maximum Gasteiger partial charge on any atom is 0.326 e. The van der Waals surface area contributed by atoms with Crippen molar-refractivity contribution in [2.75, 3.05) is 17.6 Å². The molecular formula is C28H37N7O5. The Morgan fingerprint density at radius 2 is 1.88 bits per heavy atom. The lowest BCUT2D eigenvalue weighted by molar-refractivity contribution is -0.139. The maximum absolute atomic E-state index is 12.7. The Morgan fingerprint density at radius 1 is 1.15 bits per heavy atom. The molecule has 0 aliphatic carbocycles. The minimum Gasteiger partial charge on any atom is -0.480 e. The van der Waals surface area contributed by atoms with Gasteiger partial charge in [-0.05, 0) is 56.9 Å². The first kappa shape index (κ1) is 30.1. The van der Waals surface area contributed by atoms with Crippen molar-refractivity contribution in [2.45, 2.75) is 71.5 Å². The maximum atomic E-state index is 12.7. The molecule has 2 amide bonds. The van der Waals surface area contributed by atoms with Gasteiger partial charge in [0.2, 0.25) is 5.91 Å². The van der Waals surface area contributed by atoms with Crippen LogP contribution in [0.25, 0.3) is 11.0 Å². The molecule has 3 aromatic rings. The van der Waals surface area contributed by atoms with E-state index in [-0.39, 0.29) is 36.2 Å². The molecule has 214 valence electrons. The molecule has 0 fully saturated rings. The first-order chi connectivity index (χ1) is 19.1. The van der Waals surface area contributed by atoms with Crippen LogP contribution in [0.5, 0.6) is 0 Å². The Hall–Kier alpha value is -4.48. The van der Waals surface area contributed by atoms with Crippen molar-refractivity contribution in [3.05, 3.63) is 58.1 Å². The van der Waals surface area contributed by atoms with E-state index in [1.165, 1.54) is 6.07 Å². The van der Waals surface area contributed by atoms with Gasteiger partial charge >= 0.3 is 5.97 Å². The van der Waals surface area contributed by atoms with Crippen molar-refractivity contribution >= 4 is 40.3 Å². The fourth-order valence-electron chi connectivity index (χ4n) is 4.49. The third kappa shape index (κ3) is 8.26. The van der Waals surface area contributed by atoms with Gasteiger partial charge in [-0.25, -0.2) is 9.78 Å². The number of hydrogen-bond donors (Lipinski definition) is 5. The van der Waals surface area contributed by atoms with Gasteiger partial charge in [0, 0.05) is 36.8 Å². The van der Waals surface area contributed by atoms with Crippen LogP contribution in [-0.2, 0) is 16.1 Å². The fourth-order valence-corrected chi connectivity index (χ4v) is 4.49. The number of hydrogen-bond acceptors (Lipinski definition) is 8. The SMILES string of the molecule is CCCC(C)N(CCCC[C@H](NC(=O)c1ccc(NCc2cnc3cc(N)[nH]c(=O)c3n2)cc1)C(=O)O)C(C)=O. The quantitative estimate of drug-likeness (QED) is 0.188. The zero-order valence-corrected chi connectivity index (χ0v) is 23.1. The molecule has 0 saturated carbocycles. The lowest BCUT2D eigenvalue weighted by Gasteiger charge is -2.28. The van der Waals surface area contributed by atoms with Crippen molar-refractivity contribution in [1.29, 1.82) is 0 Å². The van der Waals surface area contributed by atoms with Gasteiger partial charge in [0.05, 0.1) is 24.0 Å². The Balaban J connectivity index is 1.51. The first-order valence-corrected chi connectivity index (χ1v) is 13.4. The molecule has 6 N–H and O–H groups in total. The molecule has 1 unspecified atom stereocenters. The van der Waals surface area contributed by atoms with E-state index in [1.807, 2.05) is 11.8 Å². The molecular weight excluding hydrogens is 514 g/mol. The van der Waals surface area contributed by atoms with Crippen LogP contribution in [0.1, 0.15) is 68.9 Å². The van der Waals surface area contributed by atoms with Crippen molar-refractivity contribution < 1.29 is 19.5 Å². The summed E-state index contributed by atoms with van der Waals surface area (Å²) in [5.41, 5.74) is 7.37. The summed E-state index contributed by atoms with van der Waals surface area (Å²) in [7, 11) is 0. The van der Waals surface area contributed by atoms with E-state index in [0.29, 0.717) is 41.8 Å². The number of nitrogens with zero attached hydrogens (tertiary/aromatic N) is 3. The Morgan fingerprint density at radius 3 is 2.52 bits per heavy atom. The average molecular weight is 552 g/mol. The van der Waals surface area contributed by atoms with Crippen LogP contribution in [0.15, 0.2) is 41.3 Å². The number of carbonyl (C=O) groups excluding carboxylic acids is 2. The topological polar surface area (TPSA) is 183 Å². The third-order valence-electron chi connectivity index (χ3n) is 6.62. The summed E-state index contributed by atoms with van der Waals surface area (Å²) in [5.74, 6) is -1.37. The highest BCUT2D eigenvalue weighted by Gasteiger charge is 2.21. The molecule has 2 atom stereocenters. The zero-order valence-electron chi connectivity index (χ0n) is 23.1. The number of amides is 2. The van der Waals surface area contributed by atoms with E-state index in [9.17, 15) is 24.3 Å². The largest absolute Gasteiger partial charge is 0.480 e. The Bertz CT molecular complexity index is 1390. The second kappa shape index (κ2) is 14.1. The zero-order chi connectivity index (χ0) is 29.2. The van der Waals surface area contributed by atoms with Gasteiger partial charge in [0.1, 0.15) is 11.9 Å². The smallest absolute Gasteiger partial charge is 0.326 e. The van der Waals surface area contributed by atoms with E-state index < -0.39 is 23.5 Å². The number of fused-ring (bicyclic) bond motifs is 1. The number of pyridine rings is 1. The standard InChI is InChI=1S/C28H37N7O5/c1-4-7-17(2)35(18(3)36)13-6-5-8-22(28(39)40)33-26(37)19-9-11-20(12-10-19)30-15-21-16-31-23-14-24(29)34-27(38)25(23)32-21/h9-12,14,16-17,22,30H,4-8,13,15H2,1-3H3,(H,33,37)(H,39,40)(H3,29,34,38)/t17?,22-/m0/s1. The van der Waals surface area contributed by atoms with E-state index in [1.54, 1.807) is 37.4 Å². The fraction of sp³-hybridized carbons (Fsp3) is 0.429. The molecule has 40 heavy (non-hydrogen) atoms. The summed E-state index contributed by atoms with van der Waals surface area (Å²) in [6.45, 7) is 6.48. The highest BCUT2D eigenvalue weighted by molar-refractivity contribution is 5.96. The normalized spacial score (nSPS) is 12.5. The number of carboxylic acid groups (broad SMARTS) is 1. The number of aromatic nitrogens is 3. The minimum absolute atomic E-state index is 0.00743. The second-order valence-electron chi connectivity index (χ2n) is 9.79. The van der Waals surface area contributed by atoms with E-state index in [4.69, 9.17) is 5.73 Å². The van der Waals surface area contributed by atoms with E-state index in [2.05, 4.69) is 32.5 Å². The number of anilines is 2. The summed E-state index contributed by atoms with van der Waals surface area (Å²) in [5, 5.41) is 15.4. The van der Waals surface area contributed by atoms with Crippen LogP contribution in [0.2, 0.25) is 0 Å². The van der Waals surface area contributed by atoms with Crippen LogP contribution >= 0.6 is 0 Å². The lowest BCUT2D eigenvalue weighted by Crippen LogP contribution is -2.41. The van der Waals surface area contributed by atoms with Crippen molar-refractivity contribution in [3.63, 3.8) is 0 Å². The summed E-state index contributed by atoms with van der Waals surface area (Å²) >= 11 is 0. The van der Waals surface area contributed by atoms with Crippen LogP contribution in [0.3, 0.4) is 0 Å². The van der Waals surface area contributed by atoms with Gasteiger partial charge in [0.15, 0.2) is 5.52 Å². The number of unbranched alkanes of at least 4 members (excludes halogenated alkanes) is 1.